The first-order valence-electron chi connectivity index (χ1n) is 7.00. The number of aromatic nitrogens is 3. The summed E-state index contributed by atoms with van der Waals surface area (Å²) in [6, 6.07) is 10.6. The molecule has 2 aromatic heterocycles. The molecule has 0 aliphatic heterocycles. The molecule has 6 nitrogen and oxygen atoms in total. The fraction of sp³-hybridized carbons (Fsp3) is 0.125. The Morgan fingerprint density at radius 2 is 1.96 bits per heavy atom. The first-order chi connectivity index (χ1) is 11.2. The van der Waals surface area contributed by atoms with E-state index in [4.69, 9.17) is 16.1 Å². The predicted octanol–water partition coefficient (Wildman–Crippen LogP) is 2.76. The Labute approximate surface area is 137 Å². The van der Waals surface area contributed by atoms with Gasteiger partial charge in [-0.15, -0.1) is 0 Å². The fourth-order valence-corrected chi connectivity index (χ4v) is 2.22. The van der Waals surface area contributed by atoms with Crippen molar-refractivity contribution in [3.8, 4) is 11.4 Å². The Morgan fingerprint density at radius 3 is 2.74 bits per heavy atom. The summed E-state index contributed by atoms with van der Waals surface area (Å²) in [5, 5.41) is 7.26. The Morgan fingerprint density at radius 1 is 1.17 bits per heavy atom. The molecule has 0 bridgehead atoms. The zero-order chi connectivity index (χ0) is 16.1. The quantitative estimate of drug-likeness (QED) is 0.779. The van der Waals surface area contributed by atoms with E-state index in [1.165, 1.54) is 0 Å². The number of amides is 1. The van der Waals surface area contributed by atoms with Gasteiger partial charge in [0.1, 0.15) is 0 Å². The third kappa shape index (κ3) is 3.73. The Kier molecular flexibility index (Phi) is 4.63. The minimum Gasteiger partial charge on any atom is -0.352 e. The molecule has 0 saturated carbocycles. The monoisotopic (exact) mass is 328 g/mol. The van der Waals surface area contributed by atoms with Crippen LogP contribution in [-0.4, -0.2) is 27.6 Å². The molecule has 0 spiro atoms. The van der Waals surface area contributed by atoms with Crippen LogP contribution < -0.4 is 5.32 Å². The third-order valence-electron chi connectivity index (χ3n) is 3.15. The summed E-state index contributed by atoms with van der Waals surface area (Å²) in [5.74, 6) is 0.708. The van der Waals surface area contributed by atoms with E-state index in [2.05, 4.69) is 20.4 Å². The fourth-order valence-electron chi connectivity index (χ4n) is 2.00. The van der Waals surface area contributed by atoms with Gasteiger partial charge < -0.3 is 9.84 Å². The third-order valence-corrected chi connectivity index (χ3v) is 3.48. The van der Waals surface area contributed by atoms with Crippen LogP contribution in [0.2, 0.25) is 5.02 Å². The molecule has 0 fully saturated rings. The van der Waals surface area contributed by atoms with E-state index in [0.29, 0.717) is 40.8 Å². The molecule has 1 aromatic carbocycles. The molecular formula is C16H13ClN4O2. The van der Waals surface area contributed by atoms with Crippen molar-refractivity contribution >= 4 is 17.5 Å². The van der Waals surface area contributed by atoms with Crippen molar-refractivity contribution in [3.05, 3.63) is 65.3 Å². The van der Waals surface area contributed by atoms with Gasteiger partial charge >= 0.3 is 0 Å². The number of nitrogens with one attached hydrogen (secondary N) is 1. The second-order valence-electron chi connectivity index (χ2n) is 4.73. The number of rotatable bonds is 5. The highest BCUT2D eigenvalue weighted by Crippen LogP contribution is 2.24. The van der Waals surface area contributed by atoms with Crippen LogP contribution in [0.5, 0.6) is 0 Å². The van der Waals surface area contributed by atoms with Crippen LogP contribution in [0.1, 0.15) is 16.2 Å². The lowest BCUT2D eigenvalue weighted by atomic mass is 10.2. The number of halogens is 1. The molecule has 0 unspecified atom stereocenters. The van der Waals surface area contributed by atoms with Crippen LogP contribution in [-0.2, 0) is 6.42 Å². The van der Waals surface area contributed by atoms with E-state index in [1.807, 2.05) is 18.2 Å². The lowest BCUT2D eigenvalue weighted by Crippen LogP contribution is -2.25. The first kappa shape index (κ1) is 15.2. The molecule has 0 aliphatic carbocycles. The number of pyridine rings is 1. The Hall–Kier alpha value is -2.73. The second kappa shape index (κ2) is 7.02. The highest BCUT2D eigenvalue weighted by molar-refractivity contribution is 6.33. The predicted molar refractivity (Wildman–Crippen MR) is 85.0 cm³/mol. The summed E-state index contributed by atoms with van der Waals surface area (Å²) in [6.07, 6.45) is 3.58. The van der Waals surface area contributed by atoms with E-state index in [1.54, 1.807) is 30.6 Å². The number of hydrogen-bond acceptors (Lipinski definition) is 5. The average Bonchev–Trinajstić information content (AvgIpc) is 3.04. The van der Waals surface area contributed by atoms with Gasteiger partial charge in [-0.3, -0.25) is 9.78 Å². The van der Waals surface area contributed by atoms with Crippen LogP contribution in [0.4, 0.5) is 0 Å². The molecule has 7 heteroatoms. The summed E-state index contributed by atoms with van der Waals surface area (Å²) in [4.78, 5) is 20.0. The number of hydrogen-bond donors (Lipinski definition) is 1. The maximum atomic E-state index is 11.9. The summed E-state index contributed by atoms with van der Waals surface area (Å²) < 4.78 is 5.18. The Balaban J connectivity index is 1.58. The summed E-state index contributed by atoms with van der Waals surface area (Å²) in [5.41, 5.74) is 1.27. The van der Waals surface area contributed by atoms with Gasteiger partial charge in [-0.25, -0.2) is 0 Å². The van der Waals surface area contributed by atoms with Gasteiger partial charge in [0, 0.05) is 36.5 Å². The van der Waals surface area contributed by atoms with Gasteiger partial charge in [0.05, 0.1) is 5.02 Å². The van der Waals surface area contributed by atoms with Crippen LogP contribution in [0.15, 0.2) is 53.3 Å². The van der Waals surface area contributed by atoms with Crippen LogP contribution in [0, 0.1) is 0 Å². The van der Waals surface area contributed by atoms with Crippen molar-refractivity contribution in [1.29, 1.82) is 0 Å². The van der Waals surface area contributed by atoms with Crippen molar-refractivity contribution in [3.63, 3.8) is 0 Å². The molecule has 0 aliphatic rings. The lowest BCUT2D eigenvalue weighted by molar-refractivity contribution is 0.0953. The normalized spacial score (nSPS) is 10.5. The van der Waals surface area contributed by atoms with Crippen LogP contribution in [0.3, 0.4) is 0 Å². The average molecular weight is 329 g/mol. The molecule has 1 N–H and O–H groups in total. The van der Waals surface area contributed by atoms with E-state index in [-0.39, 0.29) is 5.91 Å². The van der Waals surface area contributed by atoms with E-state index >= 15 is 0 Å². The summed E-state index contributed by atoms with van der Waals surface area (Å²) in [6.45, 7) is 0.394. The molecule has 3 aromatic rings. The molecule has 0 saturated heterocycles. The van der Waals surface area contributed by atoms with E-state index in [0.717, 1.165) is 0 Å². The number of carbonyl (C=O) groups excluding carboxylic acids is 1. The van der Waals surface area contributed by atoms with Gasteiger partial charge in [-0.1, -0.05) is 28.9 Å². The van der Waals surface area contributed by atoms with Crippen molar-refractivity contribution in [2.75, 3.05) is 6.54 Å². The lowest BCUT2D eigenvalue weighted by Gasteiger charge is -2.02. The molecule has 2 heterocycles. The minimum absolute atomic E-state index is 0.168. The highest BCUT2D eigenvalue weighted by Gasteiger charge is 2.11. The van der Waals surface area contributed by atoms with Gasteiger partial charge in [0.2, 0.25) is 11.7 Å². The molecule has 3 rings (SSSR count). The topological polar surface area (TPSA) is 80.9 Å². The number of benzene rings is 1. The molecule has 0 radical (unpaired) electrons. The molecular weight excluding hydrogens is 316 g/mol. The molecule has 0 atom stereocenters. The maximum absolute atomic E-state index is 11.9. The molecule has 116 valence electrons. The summed E-state index contributed by atoms with van der Waals surface area (Å²) >= 11 is 6.10. The standard InChI is InChI=1S/C16H13ClN4O2/c17-13-4-2-1-3-12(13)15-20-14(23-21-15)7-10-19-16(22)11-5-8-18-9-6-11/h1-6,8-9H,7,10H2,(H,19,22). The molecule has 1 amide bonds. The zero-order valence-corrected chi connectivity index (χ0v) is 12.8. The molecule has 23 heavy (non-hydrogen) atoms. The van der Waals surface area contributed by atoms with Crippen molar-refractivity contribution in [2.45, 2.75) is 6.42 Å². The van der Waals surface area contributed by atoms with Crippen molar-refractivity contribution < 1.29 is 9.32 Å². The van der Waals surface area contributed by atoms with Gasteiger partial charge in [-0.05, 0) is 24.3 Å². The SMILES string of the molecule is O=C(NCCc1nc(-c2ccccc2Cl)no1)c1ccncc1. The van der Waals surface area contributed by atoms with E-state index < -0.39 is 0 Å². The van der Waals surface area contributed by atoms with Gasteiger partial charge in [0.15, 0.2) is 0 Å². The van der Waals surface area contributed by atoms with Gasteiger partial charge in [-0.2, -0.15) is 4.98 Å². The van der Waals surface area contributed by atoms with Crippen molar-refractivity contribution in [2.24, 2.45) is 0 Å². The zero-order valence-electron chi connectivity index (χ0n) is 12.1. The largest absolute Gasteiger partial charge is 0.352 e. The number of carbonyl (C=O) groups is 1. The first-order valence-corrected chi connectivity index (χ1v) is 7.37. The maximum Gasteiger partial charge on any atom is 0.251 e. The second-order valence-corrected chi connectivity index (χ2v) is 5.14. The smallest absolute Gasteiger partial charge is 0.251 e. The van der Waals surface area contributed by atoms with E-state index in [9.17, 15) is 4.79 Å². The summed E-state index contributed by atoms with van der Waals surface area (Å²) in [7, 11) is 0. The van der Waals surface area contributed by atoms with Gasteiger partial charge in [0.25, 0.3) is 5.91 Å². The van der Waals surface area contributed by atoms with Crippen LogP contribution in [0.25, 0.3) is 11.4 Å². The van der Waals surface area contributed by atoms with Crippen molar-refractivity contribution in [1.82, 2.24) is 20.4 Å². The number of nitrogens with zero attached hydrogens (tertiary/aromatic N) is 3. The highest BCUT2D eigenvalue weighted by atomic mass is 35.5. The Bertz CT molecular complexity index is 805. The minimum atomic E-state index is -0.168. The van der Waals surface area contributed by atoms with Crippen LogP contribution >= 0.6 is 11.6 Å².